The maximum atomic E-state index is 11.4. The van der Waals surface area contributed by atoms with Gasteiger partial charge >= 0.3 is 6.09 Å². The molecular weight excluding hydrogens is 382 g/mol. The van der Waals surface area contributed by atoms with Gasteiger partial charge in [0.15, 0.2) is 11.5 Å². The molecule has 1 rings (SSSR count). The van der Waals surface area contributed by atoms with Crippen molar-refractivity contribution in [2.45, 2.75) is 26.4 Å². The van der Waals surface area contributed by atoms with Crippen LogP contribution in [-0.4, -0.2) is 75.9 Å². The molecule has 164 valence electrons. The van der Waals surface area contributed by atoms with Crippen molar-refractivity contribution in [1.82, 2.24) is 5.32 Å². The van der Waals surface area contributed by atoms with Gasteiger partial charge in [0, 0.05) is 12.1 Å². The highest BCUT2D eigenvalue weighted by Gasteiger charge is 2.15. The Morgan fingerprint density at radius 1 is 1.00 bits per heavy atom. The monoisotopic (exact) mass is 413 g/mol. The Hall–Kier alpha value is -2.36. The minimum atomic E-state index is -0.518. The summed E-state index contributed by atoms with van der Waals surface area (Å²) in [4.78, 5) is 22.1. The fourth-order valence-corrected chi connectivity index (χ4v) is 2.01. The molecule has 0 saturated carbocycles. The third-order valence-corrected chi connectivity index (χ3v) is 3.26. The van der Waals surface area contributed by atoms with E-state index in [0.717, 1.165) is 0 Å². The predicted molar refractivity (Wildman–Crippen MR) is 106 cm³/mol. The number of nitrogens with one attached hydrogen (secondary N) is 1. The first-order chi connectivity index (χ1) is 13.8. The van der Waals surface area contributed by atoms with Crippen molar-refractivity contribution in [3.63, 3.8) is 0 Å². The lowest BCUT2D eigenvalue weighted by Gasteiger charge is -2.19. The van der Waals surface area contributed by atoms with Gasteiger partial charge in [0.05, 0.1) is 39.6 Å². The average Bonchev–Trinajstić information content (AvgIpc) is 2.65. The molecule has 0 bridgehead atoms. The van der Waals surface area contributed by atoms with Gasteiger partial charge in [0.1, 0.15) is 18.5 Å². The molecule has 0 atom stereocenters. The Balaban J connectivity index is 1.90. The van der Waals surface area contributed by atoms with Crippen molar-refractivity contribution in [3.05, 3.63) is 23.8 Å². The van der Waals surface area contributed by atoms with Gasteiger partial charge < -0.3 is 34.1 Å². The number of hydrogen-bond donors (Lipinski definition) is 2. The van der Waals surface area contributed by atoms with E-state index in [4.69, 9.17) is 23.7 Å². The summed E-state index contributed by atoms with van der Waals surface area (Å²) >= 11 is 0. The highest BCUT2D eigenvalue weighted by molar-refractivity contribution is 5.76. The second kappa shape index (κ2) is 13.8. The van der Waals surface area contributed by atoms with Crippen LogP contribution in [0, 0.1) is 0 Å². The number of rotatable bonds is 14. The van der Waals surface area contributed by atoms with E-state index >= 15 is 0 Å². The molecule has 1 amide bonds. The molecule has 0 saturated heterocycles. The van der Waals surface area contributed by atoms with Gasteiger partial charge in [-0.25, -0.2) is 4.79 Å². The molecule has 9 nitrogen and oxygen atoms in total. The SMILES string of the molecule is CC(C)(C)OC(=O)NCCOCCOCCOCCOc1cc(C=O)ccc1O. The van der Waals surface area contributed by atoms with E-state index in [9.17, 15) is 14.7 Å². The topological polar surface area (TPSA) is 113 Å². The minimum Gasteiger partial charge on any atom is -0.504 e. The van der Waals surface area contributed by atoms with Gasteiger partial charge in [-0.15, -0.1) is 0 Å². The molecule has 0 aromatic heterocycles. The maximum Gasteiger partial charge on any atom is 0.407 e. The Morgan fingerprint density at radius 2 is 1.59 bits per heavy atom. The van der Waals surface area contributed by atoms with Crippen molar-refractivity contribution in [2.24, 2.45) is 0 Å². The van der Waals surface area contributed by atoms with Crippen LogP contribution in [0.15, 0.2) is 18.2 Å². The largest absolute Gasteiger partial charge is 0.504 e. The summed E-state index contributed by atoms with van der Waals surface area (Å²) in [5.74, 6) is 0.216. The molecule has 0 aliphatic carbocycles. The first kappa shape index (κ1) is 24.7. The minimum absolute atomic E-state index is 0.0276. The number of hydrogen-bond acceptors (Lipinski definition) is 8. The maximum absolute atomic E-state index is 11.4. The Kier molecular flexibility index (Phi) is 11.7. The van der Waals surface area contributed by atoms with Gasteiger partial charge in [-0.3, -0.25) is 4.79 Å². The molecule has 0 heterocycles. The van der Waals surface area contributed by atoms with E-state index in [1.165, 1.54) is 18.2 Å². The van der Waals surface area contributed by atoms with E-state index in [2.05, 4.69) is 5.32 Å². The molecule has 0 aliphatic rings. The Morgan fingerprint density at radius 3 is 2.17 bits per heavy atom. The molecular formula is C20H31NO8. The van der Waals surface area contributed by atoms with Crippen LogP contribution in [0.4, 0.5) is 4.79 Å². The van der Waals surface area contributed by atoms with Gasteiger partial charge in [0.25, 0.3) is 0 Å². The zero-order chi connectivity index (χ0) is 21.5. The standard InChI is InChI=1S/C20H31NO8/c1-20(2,3)29-19(24)21-6-7-25-8-9-26-10-11-27-12-13-28-18-14-16(15-22)4-5-17(18)23/h4-5,14-15,23H,6-13H2,1-3H3,(H,21,24). The fraction of sp³-hybridized carbons (Fsp3) is 0.600. The predicted octanol–water partition coefficient (Wildman–Crippen LogP) is 2.16. The lowest BCUT2D eigenvalue weighted by molar-refractivity contribution is 0.00892. The summed E-state index contributed by atoms with van der Waals surface area (Å²) in [5.41, 5.74) is -0.0918. The highest BCUT2D eigenvalue weighted by atomic mass is 16.6. The van der Waals surface area contributed by atoms with Crippen LogP contribution in [0.2, 0.25) is 0 Å². The third-order valence-electron chi connectivity index (χ3n) is 3.26. The van der Waals surface area contributed by atoms with Crippen molar-refractivity contribution in [3.8, 4) is 11.5 Å². The van der Waals surface area contributed by atoms with Crippen LogP contribution >= 0.6 is 0 Å². The summed E-state index contributed by atoms with van der Waals surface area (Å²) in [6.45, 7) is 8.32. The summed E-state index contributed by atoms with van der Waals surface area (Å²) in [7, 11) is 0. The zero-order valence-electron chi connectivity index (χ0n) is 17.3. The van der Waals surface area contributed by atoms with Gasteiger partial charge in [0.2, 0.25) is 0 Å². The highest BCUT2D eigenvalue weighted by Crippen LogP contribution is 2.26. The van der Waals surface area contributed by atoms with Crippen LogP contribution in [0.3, 0.4) is 0 Å². The van der Waals surface area contributed by atoms with Gasteiger partial charge in [-0.2, -0.15) is 0 Å². The number of benzene rings is 1. The number of aromatic hydroxyl groups is 1. The summed E-state index contributed by atoms with van der Waals surface area (Å²) < 4.78 is 26.5. The molecule has 0 aliphatic heterocycles. The summed E-state index contributed by atoms with van der Waals surface area (Å²) in [6, 6.07) is 4.38. The molecule has 0 radical (unpaired) electrons. The first-order valence-electron chi connectivity index (χ1n) is 9.43. The van der Waals surface area contributed by atoms with Crippen molar-refractivity contribution in [2.75, 3.05) is 52.8 Å². The number of alkyl carbamates (subject to hydrolysis) is 1. The number of phenolic OH excluding ortho intramolecular Hbond substituents is 1. The number of phenols is 1. The van der Waals surface area contributed by atoms with E-state index < -0.39 is 11.7 Å². The molecule has 0 unspecified atom stereocenters. The second-order valence-electron chi connectivity index (χ2n) is 6.96. The average molecular weight is 413 g/mol. The Bertz CT molecular complexity index is 615. The van der Waals surface area contributed by atoms with E-state index in [1.54, 1.807) is 20.8 Å². The van der Waals surface area contributed by atoms with Crippen molar-refractivity contribution < 1.29 is 38.4 Å². The molecule has 2 N–H and O–H groups in total. The molecule has 0 spiro atoms. The number of carbonyl (C=O) groups excluding carboxylic acids is 2. The molecule has 1 aromatic carbocycles. The number of carbonyl (C=O) groups is 2. The van der Waals surface area contributed by atoms with E-state index in [0.29, 0.717) is 58.0 Å². The molecule has 9 heteroatoms. The van der Waals surface area contributed by atoms with Crippen LogP contribution < -0.4 is 10.1 Å². The van der Waals surface area contributed by atoms with Crippen molar-refractivity contribution >= 4 is 12.4 Å². The lowest BCUT2D eigenvalue weighted by Crippen LogP contribution is -2.34. The third kappa shape index (κ3) is 12.7. The summed E-state index contributed by atoms with van der Waals surface area (Å²) in [5, 5.41) is 12.2. The fourth-order valence-electron chi connectivity index (χ4n) is 2.01. The smallest absolute Gasteiger partial charge is 0.407 e. The lowest BCUT2D eigenvalue weighted by atomic mass is 10.2. The van der Waals surface area contributed by atoms with Crippen LogP contribution in [-0.2, 0) is 18.9 Å². The zero-order valence-corrected chi connectivity index (χ0v) is 17.3. The van der Waals surface area contributed by atoms with Crippen LogP contribution in [0.1, 0.15) is 31.1 Å². The Labute approximate surface area is 171 Å². The number of aldehydes is 1. The number of ether oxygens (including phenoxy) is 5. The second-order valence-corrected chi connectivity index (χ2v) is 6.96. The van der Waals surface area contributed by atoms with Crippen LogP contribution in [0.25, 0.3) is 0 Å². The van der Waals surface area contributed by atoms with Gasteiger partial charge in [-0.1, -0.05) is 0 Å². The number of amides is 1. The molecule has 29 heavy (non-hydrogen) atoms. The van der Waals surface area contributed by atoms with Gasteiger partial charge in [-0.05, 0) is 39.0 Å². The van der Waals surface area contributed by atoms with E-state index in [-0.39, 0.29) is 18.1 Å². The van der Waals surface area contributed by atoms with Crippen LogP contribution in [0.5, 0.6) is 11.5 Å². The molecule has 0 fully saturated rings. The summed E-state index contributed by atoms with van der Waals surface area (Å²) in [6.07, 6.45) is 0.214. The normalized spacial score (nSPS) is 11.1. The quantitative estimate of drug-likeness (QED) is 0.352. The molecule has 1 aromatic rings. The first-order valence-corrected chi connectivity index (χ1v) is 9.43. The van der Waals surface area contributed by atoms with E-state index in [1.807, 2.05) is 0 Å². The van der Waals surface area contributed by atoms with Crippen molar-refractivity contribution in [1.29, 1.82) is 0 Å².